The van der Waals surface area contributed by atoms with Gasteiger partial charge in [-0.25, -0.2) is 0 Å². The van der Waals surface area contributed by atoms with Crippen molar-refractivity contribution >= 4 is 23.2 Å². The van der Waals surface area contributed by atoms with Gasteiger partial charge in [0.2, 0.25) is 0 Å². The molecule has 0 aromatic heterocycles. The molecule has 0 fully saturated rings. The third kappa shape index (κ3) is 4.94. The molecule has 0 saturated heterocycles. The monoisotopic (exact) mass is 270 g/mol. The summed E-state index contributed by atoms with van der Waals surface area (Å²) in [6.07, 6.45) is 0. The van der Waals surface area contributed by atoms with Gasteiger partial charge in [-0.15, -0.1) is 0 Å². The van der Waals surface area contributed by atoms with Crippen molar-refractivity contribution < 1.29 is 9.53 Å². The Kier molecular flexibility index (Phi) is 5.95. The number of rotatable bonds is 6. The van der Waals surface area contributed by atoms with Gasteiger partial charge in [-0.2, -0.15) is 0 Å². The molecule has 1 amide bonds. The van der Waals surface area contributed by atoms with Gasteiger partial charge in [0.25, 0.3) is 5.91 Å². The molecule has 0 aliphatic heterocycles. The summed E-state index contributed by atoms with van der Waals surface area (Å²) in [5.41, 5.74) is 6.52. The average molecular weight is 271 g/mol. The highest BCUT2D eigenvalue weighted by Crippen LogP contribution is 2.18. The van der Waals surface area contributed by atoms with Crippen LogP contribution < -0.4 is 11.1 Å². The Morgan fingerprint density at radius 3 is 2.83 bits per heavy atom. The Morgan fingerprint density at radius 1 is 1.50 bits per heavy atom. The molecule has 0 aliphatic rings. The van der Waals surface area contributed by atoms with Crippen molar-refractivity contribution in [3.63, 3.8) is 0 Å². The fourth-order valence-electron chi connectivity index (χ4n) is 1.37. The molecule has 0 aliphatic carbocycles. The number of carbonyl (C=O) groups excluding carboxylic acids is 1. The molecule has 1 rings (SSSR count). The highest BCUT2D eigenvalue weighted by molar-refractivity contribution is 6.34. The maximum Gasteiger partial charge on any atom is 0.252 e. The van der Waals surface area contributed by atoms with Crippen LogP contribution in [-0.4, -0.2) is 25.7 Å². The van der Waals surface area contributed by atoms with E-state index >= 15 is 0 Å². The summed E-state index contributed by atoms with van der Waals surface area (Å²) in [6.45, 7) is 5.81. The molecule has 100 valence electrons. The number of halogens is 1. The van der Waals surface area contributed by atoms with Crippen LogP contribution >= 0.6 is 11.6 Å². The average Bonchev–Trinajstić information content (AvgIpc) is 2.27. The lowest BCUT2D eigenvalue weighted by atomic mass is 10.2. The van der Waals surface area contributed by atoms with Crippen LogP contribution in [0.15, 0.2) is 18.2 Å². The second kappa shape index (κ2) is 7.24. The quantitative estimate of drug-likeness (QED) is 0.616. The zero-order valence-electron chi connectivity index (χ0n) is 10.7. The Hall–Kier alpha value is -1.26. The zero-order valence-corrected chi connectivity index (χ0v) is 11.5. The highest BCUT2D eigenvalue weighted by atomic mass is 35.5. The van der Waals surface area contributed by atoms with E-state index in [1.54, 1.807) is 18.2 Å². The highest BCUT2D eigenvalue weighted by Gasteiger charge is 2.09. The summed E-state index contributed by atoms with van der Waals surface area (Å²) >= 11 is 5.93. The van der Waals surface area contributed by atoms with Crippen LogP contribution in [0.25, 0.3) is 0 Å². The molecule has 0 radical (unpaired) electrons. The molecule has 1 aromatic rings. The van der Waals surface area contributed by atoms with Crippen molar-refractivity contribution in [1.29, 1.82) is 0 Å². The SMILES string of the molecule is CC(C)COCCNC(=O)c1ccc(N)cc1Cl. The minimum Gasteiger partial charge on any atom is -0.399 e. The molecule has 18 heavy (non-hydrogen) atoms. The summed E-state index contributed by atoms with van der Waals surface area (Å²) in [6, 6.07) is 4.82. The normalized spacial score (nSPS) is 10.7. The van der Waals surface area contributed by atoms with E-state index in [1.807, 2.05) is 0 Å². The summed E-state index contributed by atoms with van der Waals surface area (Å²) in [4.78, 5) is 11.8. The van der Waals surface area contributed by atoms with Crippen LogP contribution in [0.2, 0.25) is 5.02 Å². The Bertz CT molecular complexity index is 408. The van der Waals surface area contributed by atoms with Gasteiger partial charge in [0.05, 0.1) is 17.2 Å². The first-order valence-electron chi connectivity index (χ1n) is 5.91. The van der Waals surface area contributed by atoms with E-state index in [2.05, 4.69) is 19.2 Å². The van der Waals surface area contributed by atoms with Gasteiger partial charge in [-0.1, -0.05) is 25.4 Å². The summed E-state index contributed by atoms with van der Waals surface area (Å²) in [7, 11) is 0. The lowest BCUT2D eigenvalue weighted by Gasteiger charge is -2.09. The van der Waals surface area contributed by atoms with E-state index in [1.165, 1.54) is 0 Å². The largest absolute Gasteiger partial charge is 0.399 e. The molecule has 0 atom stereocenters. The second-order valence-electron chi connectivity index (χ2n) is 4.46. The first kappa shape index (κ1) is 14.8. The number of nitrogen functional groups attached to an aromatic ring is 1. The van der Waals surface area contributed by atoms with Gasteiger partial charge < -0.3 is 15.8 Å². The minimum atomic E-state index is -0.215. The van der Waals surface area contributed by atoms with Crippen LogP contribution in [0, 0.1) is 5.92 Å². The molecule has 0 bridgehead atoms. The molecule has 0 saturated carbocycles. The van der Waals surface area contributed by atoms with Crippen molar-refractivity contribution in [2.24, 2.45) is 5.92 Å². The maximum absolute atomic E-state index is 11.8. The molecule has 3 N–H and O–H groups in total. The number of nitrogens with two attached hydrogens (primary N) is 1. The third-order valence-electron chi connectivity index (χ3n) is 2.22. The number of anilines is 1. The predicted octanol–water partition coefficient (Wildman–Crippen LogP) is 2.32. The van der Waals surface area contributed by atoms with Crippen molar-refractivity contribution in [3.8, 4) is 0 Å². The zero-order chi connectivity index (χ0) is 13.5. The number of benzene rings is 1. The van der Waals surface area contributed by atoms with E-state index < -0.39 is 0 Å². The number of ether oxygens (including phenoxy) is 1. The number of amides is 1. The van der Waals surface area contributed by atoms with Crippen molar-refractivity contribution in [2.45, 2.75) is 13.8 Å². The van der Waals surface area contributed by atoms with Gasteiger partial charge >= 0.3 is 0 Å². The molecule has 5 heteroatoms. The molecule has 1 aromatic carbocycles. The van der Waals surface area contributed by atoms with Crippen molar-refractivity contribution in [3.05, 3.63) is 28.8 Å². The number of nitrogens with one attached hydrogen (secondary N) is 1. The maximum atomic E-state index is 11.8. The second-order valence-corrected chi connectivity index (χ2v) is 4.87. The number of hydrogen-bond donors (Lipinski definition) is 2. The molecular formula is C13H19ClN2O2. The van der Waals surface area contributed by atoms with E-state index in [9.17, 15) is 4.79 Å². The van der Waals surface area contributed by atoms with Gasteiger partial charge in [0, 0.05) is 18.8 Å². The van der Waals surface area contributed by atoms with E-state index in [4.69, 9.17) is 22.1 Å². The number of hydrogen-bond acceptors (Lipinski definition) is 3. The third-order valence-corrected chi connectivity index (χ3v) is 2.53. The summed E-state index contributed by atoms with van der Waals surface area (Å²) < 4.78 is 5.36. The Balaban J connectivity index is 2.36. The standard InChI is InChI=1S/C13H19ClN2O2/c1-9(2)8-18-6-5-16-13(17)11-4-3-10(15)7-12(11)14/h3-4,7,9H,5-6,8,15H2,1-2H3,(H,16,17). The molecule has 0 unspecified atom stereocenters. The Morgan fingerprint density at radius 2 is 2.22 bits per heavy atom. The first-order valence-corrected chi connectivity index (χ1v) is 6.29. The van der Waals surface area contributed by atoms with Crippen LogP contribution in [0.3, 0.4) is 0 Å². The van der Waals surface area contributed by atoms with Crippen LogP contribution in [0.1, 0.15) is 24.2 Å². The van der Waals surface area contributed by atoms with Gasteiger partial charge in [-0.05, 0) is 24.1 Å². The van der Waals surface area contributed by atoms with Gasteiger partial charge in [0.1, 0.15) is 0 Å². The van der Waals surface area contributed by atoms with Crippen molar-refractivity contribution in [2.75, 3.05) is 25.5 Å². The fraction of sp³-hybridized carbons (Fsp3) is 0.462. The van der Waals surface area contributed by atoms with Crippen LogP contribution in [0.5, 0.6) is 0 Å². The fourth-order valence-corrected chi connectivity index (χ4v) is 1.64. The molecule has 4 nitrogen and oxygen atoms in total. The minimum absolute atomic E-state index is 0.215. The Labute approximate surface area is 112 Å². The van der Waals surface area contributed by atoms with Crippen LogP contribution in [-0.2, 0) is 4.74 Å². The topological polar surface area (TPSA) is 64.3 Å². The van der Waals surface area contributed by atoms with Gasteiger partial charge in [-0.3, -0.25) is 4.79 Å². The van der Waals surface area contributed by atoms with Gasteiger partial charge in [0.15, 0.2) is 0 Å². The summed E-state index contributed by atoms with van der Waals surface area (Å²) in [5.74, 6) is 0.278. The lowest BCUT2D eigenvalue weighted by Crippen LogP contribution is -2.27. The van der Waals surface area contributed by atoms with Crippen molar-refractivity contribution in [1.82, 2.24) is 5.32 Å². The van der Waals surface area contributed by atoms with E-state index in [0.29, 0.717) is 41.9 Å². The first-order chi connectivity index (χ1) is 8.50. The van der Waals surface area contributed by atoms with E-state index in [0.717, 1.165) is 0 Å². The summed E-state index contributed by atoms with van der Waals surface area (Å²) in [5, 5.41) is 3.10. The molecule has 0 spiro atoms. The van der Waals surface area contributed by atoms with Crippen LogP contribution in [0.4, 0.5) is 5.69 Å². The number of carbonyl (C=O) groups is 1. The smallest absolute Gasteiger partial charge is 0.252 e. The molecule has 0 heterocycles. The van der Waals surface area contributed by atoms with E-state index in [-0.39, 0.29) is 5.91 Å². The predicted molar refractivity (Wildman–Crippen MR) is 73.9 cm³/mol. The lowest BCUT2D eigenvalue weighted by molar-refractivity contribution is 0.0886. The molecular weight excluding hydrogens is 252 g/mol.